The van der Waals surface area contributed by atoms with Crippen LogP contribution in [0.4, 0.5) is 0 Å². The fraction of sp³-hybridized carbons (Fsp3) is 0.120. The lowest BCUT2D eigenvalue weighted by molar-refractivity contribution is 0.595. The molecule has 1 heterocycles. The highest BCUT2D eigenvalue weighted by Gasteiger charge is 2.22. The average Bonchev–Trinajstić information content (AvgIpc) is 3.23. The molecule has 0 bridgehead atoms. The van der Waals surface area contributed by atoms with Crippen molar-refractivity contribution in [2.45, 2.75) is 29.4 Å². The third kappa shape index (κ3) is 5.90. The highest BCUT2D eigenvalue weighted by molar-refractivity contribution is 7.99. The van der Waals surface area contributed by atoms with E-state index in [4.69, 9.17) is 28.9 Å². The summed E-state index contributed by atoms with van der Waals surface area (Å²) in [5.74, 6) is 0.271. The SMILES string of the molecule is Cc1cc(-c2ccccc2)n(/C(N)=N/S(=O)(=O)c2cc(C)c(Cl)cc2SCc2ccc(Cl)cc2)n1. The summed E-state index contributed by atoms with van der Waals surface area (Å²) in [6, 6.07) is 21.8. The van der Waals surface area contributed by atoms with Gasteiger partial charge in [0.15, 0.2) is 0 Å². The Morgan fingerprint density at radius 2 is 1.71 bits per heavy atom. The molecule has 0 atom stereocenters. The maximum Gasteiger partial charge on any atom is 0.286 e. The first-order valence-corrected chi connectivity index (χ1v) is 13.7. The van der Waals surface area contributed by atoms with Gasteiger partial charge in [0.25, 0.3) is 10.0 Å². The standard InChI is InChI=1S/C25H22Cl2N4O2S2/c1-16-12-24(23(14-21(16)27)34-15-18-8-10-20(26)11-9-18)35(32,33)30-25(28)31-22(13-17(2)29-31)19-6-4-3-5-7-19/h3-14H,15H2,1-2H3,(H2,28,30). The fourth-order valence-electron chi connectivity index (χ4n) is 3.39. The van der Waals surface area contributed by atoms with Crippen molar-refractivity contribution in [3.63, 3.8) is 0 Å². The Morgan fingerprint density at radius 1 is 1.03 bits per heavy atom. The molecular weight excluding hydrogens is 523 g/mol. The van der Waals surface area contributed by atoms with Crippen LogP contribution < -0.4 is 5.73 Å². The van der Waals surface area contributed by atoms with Crippen LogP contribution in [0.3, 0.4) is 0 Å². The molecule has 0 radical (unpaired) electrons. The van der Waals surface area contributed by atoms with Crippen molar-refractivity contribution in [1.82, 2.24) is 9.78 Å². The predicted molar refractivity (Wildman–Crippen MR) is 144 cm³/mol. The molecule has 3 aromatic carbocycles. The van der Waals surface area contributed by atoms with E-state index in [0.29, 0.717) is 37.6 Å². The van der Waals surface area contributed by atoms with Gasteiger partial charge in [0.1, 0.15) is 4.90 Å². The van der Waals surface area contributed by atoms with Gasteiger partial charge in [-0.3, -0.25) is 0 Å². The van der Waals surface area contributed by atoms with Gasteiger partial charge < -0.3 is 5.73 Å². The Bertz CT molecular complexity index is 1500. The van der Waals surface area contributed by atoms with Crippen molar-refractivity contribution >= 4 is 50.9 Å². The van der Waals surface area contributed by atoms with Crippen LogP contribution in [0.15, 0.2) is 87.0 Å². The zero-order valence-corrected chi connectivity index (χ0v) is 22.1. The number of thioether (sulfide) groups is 1. The Kier molecular flexibility index (Phi) is 7.56. The number of hydrogen-bond donors (Lipinski definition) is 1. The van der Waals surface area contributed by atoms with Crippen LogP contribution in [0.25, 0.3) is 11.3 Å². The maximum atomic E-state index is 13.4. The molecule has 0 aliphatic rings. The summed E-state index contributed by atoms with van der Waals surface area (Å²) in [6.07, 6.45) is 0. The van der Waals surface area contributed by atoms with Crippen LogP contribution in [-0.4, -0.2) is 24.2 Å². The Balaban J connectivity index is 1.72. The summed E-state index contributed by atoms with van der Waals surface area (Å²) in [7, 11) is -4.18. The van der Waals surface area contributed by atoms with Crippen molar-refractivity contribution in [2.75, 3.05) is 0 Å². The van der Waals surface area contributed by atoms with E-state index < -0.39 is 10.0 Å². The summed E-state index contributed by atoms with van der Waals surface area (Å²) in [5, 5.41) is 5.46. The minimum Gasteiger partial charge on any atom is -0.367 e. The predicted octanol–water partition coefficient (Wildman–Crippen LogP) is 6.32. The molecule has 0 amide bonds. The van der Waals surface area contributed by atoms with Gasteiger partial charge in [0, 0.05) is 26.3 Å². The van der Waals surface area contributed by atoms with E-state index in [1.165, 1.54) is 22.5 Å². The normalized spacial score (nSPS) is 12.2. The van der Waals surface area contributed by atoms with E-state index in [1.54, 1.807) is 32.0 Å². The number of hydrogen-bond acceptors (Lipinski definition) is 4. The highest BCUT2D eigenvalue weighted by atomic mass is 35.5. The van der Waals surface area contributed by atoms with E-state index in [-0.39, 0.29) is 10.9 Å². The number of nitrogens with two attached hydrogens (primary N) is 1. The van der Waals surface area contributed by atoms with Gasteiger partial charge in [0.05, 0.1) is 11.4 Å². The second kappa shape index (κ2) is 10.5. The summed E-state index contributed by atoms with van der Waals surface area (Å²) >= 11 is 13.6. The first-order valence-electron chi connectivity index (χ1n) is 10.5. The monoisotopic (exact) mass is 544 g/mol. The molecule has 35 heavy (non-hydrogen) atoms. The van der Waals surface area contributed by atoms with Crippen LogP contribution in [0.5, 0.6) is 0 Å². The summed E-state index contributed by atoms with van der Waals surface area (Å²) in [5.41, 5.74) is 9.96. The molecule has 0 unspecified atom stereocenters. The molecule has 0 aliphatic heterocycles. The molecule has 0 aliphatic carbocycles. The van der Waals surface area contributed by atoms with Gasteiger partial charge in [-0.05, 0) is 55.3 Å². The minimum absolute atomic E-state index is 0.0338. The number of halogens is 2. The molecule has 0 spiro atoms. The topological polar surface area (TPSA) is 90.3 Å². The van der Waals surface area contributed by atoms with E-state index in [9.17, 15) is 8.42 Å². The zero-order valence-electron chi connectivity index (χ0n) is 18.9. The lowest BCUT2D eigenvalue weighted by atomic mass is 10.1. The number of aryl methyl sites for hydroxylation is 2. The number of aromatic nitrogens is 2. The lowest BCUT2D eigenvalue weighted by Crippen LogP contribution is -2.26. The Labute approximate surface area is 218 Å². The van der Waals surface area contributed by atoms with Gasteiger partial charge in [-0.15, -0.1) is 16.2 Å². The second-order valence-electron chi connectivity index (χ2n) is 7.84. The van der Waals surface area contributed by atoms with Crippen molar-refractivity contribution < 1.29 is 8.42 Å². The quantitative estimate of drug-likeness (QED) is 0.174. The molecule has 1 aromatic heterocycles. The second-order valence-corrected chi connectivity index (χ2v) is 11.3. The molecule has 10 heteroatoms. The Morgan fingerprint density at radius 3 is 2.40 bits per heavy atom. The molecule has 0 saturated carbocycles. The van der Waals surface area contributed by atoms with Crippen molar-refractivity contribution in [2.24, 2.45) is 10.1 Å². The van der Waals surface area contributed by atoms with Crippen LogP contribution >= 0.6 is 35.0 Å². The number of benzene rings is 3. The van der Waals surface area contributed by atoms with Crippen LogP contribution in [0, 0.1) is 13.8 Å². The molecule has 4 rings (SSSR count). The smallest absolute Gasteiger partial charge is 0.286 e. The maximum absolute atomic E-state index is 13.4. The summed E-state index contributed by atoms with van der Waals surface area (Å²) in [6.45, 7) is 3.55. The largest absolute Gasteiger partial charge is 0.367 e. The molecule has 180 valence electrons. The summed E-state index contributed by atoms with van der Waals surface area (Å²) < 4.78 is 32.1. The summed E-state index contributed by atoms with van der Waals surface area (Å²) in [4.78, 5) is 0.512. The van der Waals surface area contributed by atoms with Crippen molar-refractivity contribution in [3.05, 3.63) is 99.7 Å². The number of sulfonamides is 1. The van der Waals surface area contributed by atoms with Crippen LogP contribution in [-0.2, 0) is 15.8 Å². The fourth-order valence-corrected chi connectivity index (χ4v) is 6.22. The van der Waals surface area contributed by atoms with Gasteiger partial charge >= 0.3 is 0 Å². The molecule has 2 N–H and O–H groups in total. The molecule has 0 fully saturated rings. The van der Waals surface area contributed by atoms with Crippen molar-refractivity contribution in [1.29, 1.82) is 0 Å². The lowest BCUT2D eigenvalue weighted by Gasteiger charge is -2.12. The molecule has 6 nitrogen and oxygen atoms in total. The van der Waals surface area contributed by atoms with Gasteiger partial charge in [-0.25, -0.2) is 0 Å². The first-order chi connectivity index (χ1) is 16.6. The van der Waals surface area contributed by atoms with E-state index in [1.807, 2.05) is 48.5 Å². The molecule has 0 saturated heterocycles. The van der Waals surface area contributed by atoms with Gasteiger partial charge in [-0.1, -0.05) is 65.7 Å². The van der Waals surface area contributed by atoms with Crippen LogP contribution in [0.2, 0.25) is 10.0 Å². The highest BCUT2D eigenvalue weighted by Crippen LogP contribution is 2.35. The Hall–Kier alpha value is -2.78. The van der Waals surface area contributed by atoms with E-state index in [0.717, 1.165) is 11.1 Å². The first kappa shape index (κ1) is 25.3. The minimum atomic E-state index is -4.18. The third-order valence-electron chi connectivity index (χ3n) is 5.14. The number of nitrogens with zero attached hydrogens (tertiary/aromatic N) is 3. The average molecular weight is 546 g/mol. The van der Waals surface area contributed by atoms with E-state index in [2.05, 4.69) is 9.50 Å². The molecule has 4 aromatic rings. The van der Waals surface area contributed by atoms with Gasteiger partial charge in [0.2, 0.25) is 5.96 Å². The van der Waals surface area contributed by atoms with Crippen molar-refractivity contribution in [3.8, 4) is 11.3 Å². The molecular formula is C25H22Cl2N4O2S2. The third-order valence-corrected chi connectivity index (χ3v) is 8.38. The van der Waals surface area contributed by atoms with Gasteiger partial charge in [-0.2, -0.15) is 18.2 Å². The zero-order chi connectivity index (χ0) is 25.2. The number of rotatable bonds is 6. The van der Waals surface area contributed by atoms with E-state index >= 15 is 0 Å². The van der Waals surface area contributed by atoms with Crippen LogP contribution in [0.1, 0.15) is 16.8 Å².